The zero-order valence-electron chi connectivity index (χ0n) is 14.9. The molecule has 2 aliphatic heterocycles. The molecule has 3 aromatic rings. The molecule has 0 bridgehead atoms. The van der Waals surface area contributed by atoms with E-state index in [2.05, 4.69) is 28.1 Å². The molecule has 0 spiro atoms. The van der Waals surface area contributed by atoms with E-state index in [0.29, 0.717) is 22.9 Å². The summed E-state index contributed by atoms with van der Waals surface area (Å²) in [6.07, 6.45) is 2.50. The molecule has 5 rings (SSSR count). The Morgan fingerprint density at radius 1 is 1.04 bits per heavy atom. The van der Waals surface area contributed by atoms with Crippen LogP contribution in [-0.4, -0.2) is 31.3 Å². The largest absolute Gasteiger partial charge is 0.343 e. The van der Waals surface area contributed by atoms with Gasteiger partial charge in [0.15, 0.2) is 9.84 Å². The van der Waals surface area contributed by atoms with Crippen LogP contribution in [-0.2, 0) is 35.6 Å². The number of benzene rings is 2. The van der Waals surface area contributed by atoms with Crippen molar-refractivity contribution >= 4 is 32.3 Å². The van der Waals surface area contributed by atoms with Gasteiger partial charge in [0.25, 0.3) is 0 Å². The molecule has 3 heterocycles. The Labute approximate surface area is 164 Å². The van der Waals surface area contributed by atoms with Crippen molar-refractivity contribution in [2.75, 3.05) is 13.1 Å². The van der Waals surface area contributed by atoms with Gasteiger partial charge in [-0.25, -0.2) is 8.42 Å². The summed E-state index contributed by atoms with van der Waals surface area (Å²) >= 11 is 5.94. The topological polar surface area (TPSA) is 51.1 Å². The first-order chi connectivity index (χ1) is 13.1. The van der Waals surface area contributed by atoms with Crippen molar-refractivity contribution in [3.05, 3.63) is 64.3 Å². The fourth-order valence-electron chi connectivity index (χ4n) is 4.62. The molecular weight excluding hydrogens is 380 g/mol. The maximum Gasteiger partial charge on any atom is 0.183 e. The van der Waals surface area contributed by atoms with Gasteiger partial charge in [0.05, 0.1) is 15.7 Å². The lowest BCUT2D eigenvalue weighted by Crippen LogP contribution is -2.33. The van der Waals surface area contributed by atoms with Crippen molar-refractivity contribution in [2.45, 2.75) is 36.0 Å². The molecule has 6 heteroatoms. The molecule has 2 aromatic carbocycles. The van der Waals surface area contributed by atoms with E-state index in [1.807, 2.05) is 0 Å². The van der Waals surface area contributed by atoms with Crippen LogP contribution >= 0.6 is 11.6 Å². The molecule has 4 nitrogen and oxygen atoms in total. The molecule has 0 amide bonds. The fourth-order valence-corrected chi connectivity index (χ4v) is 6.39. The SMILES string of the molecule is O=S(=O)(c1ccc(Cl)cc1)C1Cc2cccc3c4c(n(c23)C1)CCNCC4. The Morgan fingerprint density at radius 2 is 1.81 bits per heavy atom. The van der Waals surface area contributed by atoms with Crippen molar-refractivity contribution < 1.29 is 8.42 Å². The van der Waals surface area contributed by atoms with Crippen LogP contribution in [0.4, 0.5) is 0 Å². The van der Waals surface area contributed by atoms with E-state index in [0.717, 1.165) is 31.5 Å². The smallest absolute Gasteiger partial charge is 0.183 e. The van der Waals surface area contributed by atoms with Gasteiger partial charge in [-0.3, -0.25) is 0 Å². The average Bonchev–Trinajstić information content (AvgIpc) is 2.83. The Bertz CT molecular complexity index is 1130. The molecule has 2 aliphatic rings. The number of nitrogens with zero attached hydrogens (tertiary/aromatic N) is 1. The molecule has 140 valence electrons. The van der Waals surface area contributed by atoms with E-state index < -0.39 is 15.1 Å². The summed E-state index contributed by atoms with van der Waals surface area (Å²) in [6.45, 7) is 2.43. The Morgan fingerprint density at radius 3 is 2.63 bits per heavy atom. The van der Waals surface area contributed by atoms with Crippen molar-refractivity contribution in [3.63, 3.8) is 0 Å². The van der Waals surface area contributed by atoms with Crippen LogP contribution in [0.1, 0.15) is 16.8 Å². The van der Waals surface area contributed by atoms with Crippen molar-refractivity contribution in [1.29, 1.82) is 0 Å². The number of hydrogen-bond donors (Lipinski definition) is 1. The highest BCUT2D eigenvalue weighted by atomic mass is 35.5. The van der Waals surface area contributed by atoms with Gasteiger partial charge in [0.1, 0.15) is 0 Å². The minimum Gasteiger partial charge on any atom is -0.343 e. The van der Waals surface area contributed by atoms with Gasteiger partial charge in [-0.05, 0) is 54.8 Å². The number of para-hydroxylation sites is 1. The highest BCUT2D eigenvalue weighted by molar-refractivity contribution is 7.92. The molecule has 1 aromatic heterocycles. The predicted octanol–water partition coefficient (Wildman–Crippen LogP) is 3.38. The van der Waals surface area contributed by atoms with Gasteiger partial charge in [0, 0.05) is 35.6 Å². The molecule has 0 saturated carbocycles. The number of fused-ring (bicyclic) bond motifs is 3. The molecule has 0 radical (unpaired) electrons. The van der Waals surface area contributed by atoms with Crippen molar-refractivity contribution in [1.82, 2.24) is 9.88 Å². The van der Waals surface area contributed by atoms with E-state index in [4.69, 9.17) is 11.6 Å². The van der Waals surface area contributed by atoms with Crippen molar-refractivity contribution in [2.24, 2.45) is 0 Å². The Balaban J connectivity index is 1.63. The normalized spacial score (nSPS) is 19.7. The number of hydrogen-bond acceptors (Lipinski definition) is 3. The van der Waals surface area contributed by atoms with Crippen LogP contribution in [0.25, 0.3) is 10.9 Å². The van der Waals surface area contributed by atoms with Crippen molar-refractivity contribution in [3.8, 4) is 0 Å². The quantitative estimate of drug-likeness (QED) is 0.717. The highest BCUT2D eigenvalue weighted by Gasteiger charge is 2.34. The Hall–Kier alpha value is -1.82. The second-order valence-corrected chi connectivity index (χ2v) is 10.1. The van der Waals surface area contributed by atoms with E-state index in [1.54, 1.807) is 24.3 Å². The first-order valence-electron chi connectivity index (χ1n) is 9.38. The molecule has 0 aliphatic carbocycles. The summed E-state index contributed by atoms with van der Waals surface area (Å²) in [5.41, 5.74) is 5.08. The van der Waals surface area contributed by atoms with E-state index in [-0.39, 0.29) is 0 Å². The lowest BCUT2D eigenvalue weighted by molar-refractivity contribution is 0.543. The zero-order valence-corrected chi connectivity index (χ0v) is 16.5. The van der Waals surface area contributed by atoms with Gasteiger partial charge in [-0.15, -0.1) is 0 Å². The number of aromatic nitrogens is 1. The van der Waals surface area contributed by atoms with Crippen LogP contribution < -0.4 is 5.32 Å². The number of halogens is 1. The third-order valence-electron chi connectivity index (χ3n) is 5.89. The van der Waals surface area contributed by atoms with E-state index >= 15 is 0 Å². The highest BCUT2D eigenvalue weighted by Crippen LogP contribution is 2.36. The molecule has 1 unspecified atom stereocenters. The van der Waals surface area contributed by atoms with Crippen LogP contribution in [0.2, 0.25) is 5.02 Å². The average molecular weight is 401 g/mol. The van der Waals surface area contributed by atoms with E-state index in [9.17, 15) is 8.42 Å². The standard InChI is InChI=1S/C21H21ClN2O2S/c22-15-4-6-16(7-5-15)27(25,26)17-12-14-2-1-3-19-18-8-10-23-11-9-20(18)24(13-17)21(14)19/h1-7,17,23H,8-13H2. The number of nitrogens with one attached hydrogen (secondary N) is 1. The number of sulfone groups is 1. The summed E-state index contributed by atoms with van der Waals surface area (Å²) < 4.78 is 28.9. The first-order valence-corrected chi connectivity index (χ1v) is 11.3. The second kappa shape index (κ2) is 6.36. The van der Waals surface area contributed by atoms with Crippen LogP contribution in [0, 0.1) is 0 Å². The Kier molecular flexibility index (Phi) is 4.08. The molecule has 0 saturated heterocycles. The van der Waals surface area contributed by atoms with Gasteiger partial charge in [0.2, 0.25) is 0 Å². The molecular formula is C21H21ClN2O2S. The lowest BCUT2D eigenvalue weighted by Gasteiger charge is -2.26. The monoisotopic (exact) mass is 400 g/mol. The van der Waals surface area contributed by atoms with Gasteiger partial charge < -0.3 is 9.88 Å². The van der Waals surface area contributed by atoms with Crippen LogP contribution in [0.5, 0.6) is 0 Å². The fraction of sp³-hybridized carbons (Fsp3) is 0.333. The first kappa shape index (κ1) is 17.3. The number of rotatable bonds is 2. The van der Waals surface area contributed by atoms with Gasteiger partial charge in [-0.2, -0.15) is 0 Å². The molecule has 1 atom stereocenters. The molecule has 27 heavy (non-hydrogen) atoms. The maximum atomic E-state index is 13.3. The third kappa shape index (κ3) is 2.72. The minimum absolute atomic E-state index is 0.354. The molecule has 1 N–H and O–H groups in total. The van der Waals surface area contributed by atoms with E-state index in [1.165, 1.54) is 22.2 Å². The summed E-state index contributed by atoms with van der Waals surface area (Å²) in [5, 5.41) is 4.85. The summed E-state index contributed by atoms with van der Waals surface area (Å²) in [6, 6.07) is 12.9. The van der Waals surface area contributed by atoms with Crippen LogP contribution in [0.15, 0.2) is 47.4 Å². The predicted molar refractivity (Wildman–Crippen MR) is 108 cm³/mol. The lowest BCUT2D eigenvalue weighted by atomic mass is 10.0. The molecule has 0 fully saturated rings. The van der Waals surface area contributed by atoms with Gasteiger partial charge >= 0.3 is 0 Å². The second-order valence-electron chi connectivity index (χ2n) is 7.42. The third-order valence-corrected chi connectivity index (χ3v) is 8.27. The van der Waals surface area contributed by atoms with Crippen LogP contribution in [0.3, 0.4) is 0 Å². The summed E-state index contributed by atoms with van der Waals surface area (Å²) in [7, 11) is -3.43. The summed E-state index contributed by atoms with van der Waals surface area (Å²) in [5.74, 6) is 0. The zero-order chi connectivity index (χ0) is 18.6. The summed E-state index contributed by atoms with van der Waals surface area (Å²) in [4.78, 5) is 0.354. The van der Waals surface area contributed by atoms with Gasteiger partial charge in [-0.1, -0.05) is 29.8 Å². The minimum atomic E-state index is -3.43. The maximum absolute atomic E-state index is 13.3.